The van der Waals surface area contributed by atoms with Gasteiger partial charge in [-0.25, -0.2) is 0 Å². The van der Waals surface area contributed by atoms with Gasteiger partial charge in [0.25, 0.3) is 0 Å². The van der Waals surface area contributed by atoms with Gasteiger partial charge in [0.1, 0.15) is 0 Å². The summed E-state index contributed by atoms with van der Waals surface area (Å²) < 4.78 is 0. The highest BCUT2D eigenvalue weighted by Gasteiger charge is 2.19. The topological polar surface area (TPSA) is 34.1 Å². The van der Waals surface area contributed by atoms with E-state index in [1.54, 1.807) is 6.92 Å². The third kappa shape index (κ3) is 3.08. The lowest BCUT2D eigenvalue weighted by Gasteiger charge is -2.11. The van der Waals surface area contributed by atoms with E-state index in [1.807, 2.05) is 24.3 Å². The molecule has 0 aliphatic heterocycles. The van der Waals surface area contributed by atoms with E-state index in [4.69, 9.17) is 0 Å². The summed E-state index contributed by atoms with van der Waals surface area (Å²) in [7, 11) is 0. The van der Waals surface area contributed by atoms with Crippen LogP contribution in [0.2, 0.25) is 0 Å². The van der Waals surface area contributed by atoms with Crippen molar-refractivity contribution in [2.24, 2.45) is 0 Å². The molecule has 1 aromatic rings. The molecule has 0 radical (unpaired) electrons. The molecule has 0 bridgehead atoms. The molecule has 2 heteroatoms. The number of rotatable bonds is 4. The molecule has 1 aliphatic rings. The minimum Gasteiger partial charge on any atom is -0.290 e. The van der Waals surface area contributed by atoms with E-state index >= 15 is 0 Å². The van der Waals surface area contributed by atoms with E-state index in [0.717, 1.165) is 12.0 Å². The summed E-state index contributed by atoms with van der Waals surface area (Å²) in [5.41, 5.74) is 3.11. The number of carbonyl (C=O) groups is 2. The molecule has 0 saturated carbocycles. The van der Waals surface area contributed by atoms with Crippen LogP contribution in [-0.2, 0) is 16.0 Å². The smallest absolute Gasteiger partial charge is 0.189 e. The number of hydrogen-bond donors (Lipinski definition) is 0. The first kappa shape index (κ1) is 13.5. The fourth-order valence-corrected chi connectivity index (χ4v) is 2.19. The summed E-state index contributed by atoms with van der Waals surface area (Å²) >= 11 is 0. The average Bonchev–Trinajstić information content (AvgIpc) is 2.41. The Morgan fingerprint density at radius 2 is 1.68 bits per heavy atom. The van der Waals surface area contributed by atoms with Crippen LogP contribution in [0.3, 0.4) is 0 Å². The molecule has 1 aliphatic carbocycles. The van der Waals surface area contributed by atoms with Crippen LogP contribution in [0.25, 0.3) is 5.57 Å². The van der Waals surface area contributed by atoms with Crippen LogP contribution in [0.4, 0.5) is 0 Å². The number of benzene rings is 1. The van der Waals surface area contributed by atoms with E-state index < -0.39 is 0 Å². The average molecular weight is 254 g/mol. The number of carbonyl (C=O) groups excluding carboxylic acids is 2. The Balaban J connectivity index is 2.23. The molecule has 19 heavy (non-hydrogen) atoms. The fourth-order valence-electron chi connectivity index (χ4n) is 2.19. The first-order valence-corrected chi connectivity index (χ1v) is 6.69. The van der Waals surface area contributed by atoms with Crippen LogP contribution in [0.15, 0.2) is 42.0 Å². The molecule has 0 saturated heterocycles. The van der Waals surface area contributed by atoms with Gasteiger partial charge in [-0.2, -0.15) is 0 Å². The van der Waals surface area contributed by atoms with Crippen LogP contribution in [-0.4, -0.2) is 11.6 Å². The Kier molecular flexibility index (Phi) is 4.10. The molecule has 0 aromatic heterocycles. The Morgan fingerprint density at radius 3 is 2.32 bits per heavy atom. The quantitative estimate of drug-likeness (QED) is 0.770. The first-order chi connectivity index (χ1) is 9.11. The van der Waals surface area contributed by atoms with Crippen LogP contribution < -0.4 is 0 Å². The molecular formula is C17H18O2. The molecule has 0 heterocycles. The lowest BCUT2D eigenvalue weighted by molar-refractivity contribution is -0.113. The molecule has 98 valence electrons. The van der Waals surface area contributed by atoms with Crippen molar-refractivity contribution >= 4 is 17.1 Å². The largest absolute Gasteiger partial charge is 0.290 e. The Morgan fingerprint density at radius 1 is 1.00 bits per heavy atom. The van der Waals surface area contributed by atoms with Gasteiger partial charge in [-0.3, -0.25) is 9.59 Å². The zero-order valence-corrected chi connectivity index (χ0v) is 11.4. The van der Waals surface area contributed by atoms with Gasteiger partial charge in [0.05, 0.1) is 0 Å². The summed E-state index contributed by atoms with van der Waals surface area (Å²) in [6.07, 6.45) is 6.21. The lowest BCUT2D eigenvalue weighted by atomic mass is 9.91. The third-order valence-corrected chi connectivity index (χ3v) is 3.33. The monoisotopic (exact) mass is 254 g/mol. The van der Waals surface area contributed by atoms with Crippen LogP contribution >= 0.6 is 0 Å². The van der Waals surface area contributed by atoms with Gasteiger partial charge < -0.3 is 0 Å². The second-order valence-electron chi connectivity index (χ2n) is 4.92. The summed E-state index contributed by atoms with van der Waals surface area (Å²) in [6.45, 7) is 3.85. The minimum atomic E-state index is -0.109. The van der Waals surface area contributed by atoms with Gasteiger partial charge in [-0.05, 0) is 43.0 Å². The fraction of sp³-hybridized carbons (Fsp3) is 0.294. The number of allylic oxidation sites excluding steroid dienone is 4. The maximum atomic E-state index is 12.0. The maximum Gasteiger partial charge on any atom is 0.189 e. The number of unbranched alkanes of at least 4 members (excludes halogenated alkanes) is 1. The highest BCUT2D eigenvalue weighted by atomic mass is 16.1. The highest BCUT2D eigenvalue weighted by Crippen LogP contribution is 2.23. The van der Waals surface area contributed by atoms with E-state index in [9.17, 15) is 9.59 Å². The molecule has 0 atom stereocenters. The number of aryl methyl sites for hydroxylation is 1. The molecular weight excluding hydrogens is 236 g/mol. The molecule has 2 nitrogen and oxygen atoms in total. The van der Waals surface area contributed by atoms with E-state index in [2.05, 4.69) is 6.92 Å². The molecule has 2 rings (SSSR count). The molecule has 0 N–H and O–H groups in total. The van der Waals surface area contributed by atoms with Crippen molar-refractivity contribution in [1.82, 2.24) is 0 Å². The summed E-state index contributed by atoms with van der Waals surface area (Å²) in [6, 6.07) is 7.94. The van der Waals surface area contributed by atoms with Gasteiger partial charge in [-0.15, -0.1) is 0 Å². The van der Waals surface area contributed by atoms with E-state index in [1.165, 1.54) is 30.6 Å². The SMILES string of the molecule is CCCCc1ccc(C2=CC(=O)C=C(C)C2=O)cc1. The molecule has 1 aromatic carbocycles. The predicted octanol–water partition coefficient (Wildman–Crippen LogP) is 3.51. The normalized spacial score (nSPS) is 15.3. The molecule has 0 unspecified atom stereocenters. The predicted molar refractivity (Wildman–Crippen MR) is 76.8 cm³/mol. The van der Waals surface area contributed by atoms with Crippen molar-refractivity contribution in [1.29, 1.82) is 0 Å². The van der Waals surface area contributed by atoms with Gasteiger partial charge in [-0.1, -0.05) is 37.6 Å². The number of ketones is 2. The van der Waals surface area contributed by atoms with Crippen molar-refractivity contribution in [2.45, 2.75) is 33.1 Å². The Labute approximate surface area is 113 Å². The first-order valence-electron chi connectivity index (χ1n) is 6.69. The standard InChI is InChI=1S/C17H18O2/c1-3-4-5-13-6-8-14(9-7-13)16-11-15(18)10-12(2)17(16)19/h6-11H,3-5H2,1-2H3. The maximum absolute atomic E-state index is 12.0. The Bertz CT molecular complexity index is 559. The second kappa shape index (κ2) is 5.79. The number of Topliss-reactive ketones (excluding diaryl/α,β-unsaturated/α-hetero) is 1. The van der Waals surface area contributed by atoms with Crippen LogP contribution in [0.5, 0.6) is 0 Å². The summed E-state index contributed by atoms with van der Waals surface area (Å²) in [5.74, 6) is -0.164. The number of hydrogen-bond acceptors (Lipinski definition) is 2. The summed E-state index contributed by atoms with van der Waals surface area (Å²) in [5, 5.41) is 0. The Hall–Kier alpha value is -1.96. The van der Waals surface area contributed by atoms with Crippen molar-refractivity contribution in [3.63, 3.8) is 0 Å². The minimum absolute atomic E-state index is 0.0547. The third-order valence-electron chi connectivity index (χ3n) is 3.33. The van der Waals surface area contributed by atoms with Crippen molar-refractivity contribution < 1.29 is 9.59 Å². The molecule has 0 spiro atoms. The van der Waals surface area contributed by atoms with Crippen molar-refractivity contribution in [2.75, 3.05) is 0 Å². The summed E-state index contributed by atoms with van der Waals surface area (Å²) in [4.78, 5) is 23.5. The van der Waals surface area contributed by atoms with E-state index in [-0.39, 0.29) is 11.6 Å². The van der Waals surface area contributed by atoms with E-state index in [0.29, 0.717) is 11.1 Å². The zero-order valence-electron chi connectivity index (χ0n) is 11.4. The zero-order chi connectivity index (χ0) is 13.8. The highest BCUT2D eigenvalue weighted by molar-refractivity contribution is 6.35. The van der Waals surface area contributed by atoms with Crippen LogP contribution in [0, 0.1) is 0 Å². The van der Waals surface area contributed by atoms with Gasteiger partial charge in [0.15, 0.2) is 11.6 Å². The molecule has 0 fully saturated rings. The van der Waals surface area contributed by atoms with Gasteiger partial charge in [0.2, 0.25) is 0 Å². The van der Waals surface area contributed by atoms with Gasteiger partial charge in [0, 0.05) is 11.1 Å². The van der Waals surface area contributed by atoms with Crippen LogP contribution in [0.1, 0.15) is 37.8 Å². The van der Waals surface area contributed by atoms with Gasteiger partial charge >= 0.3 is 0 Å². The lowest BCUT2D eigenvalue weighted by Crippen LogP contribution is -2.11. The molecule has 0 amide bonds. The van der Waals surface area contributed by atoms with Crippen molar-refractivity contribution in [3.05, 3.63) is 53.1 Å². The van der Waals surface area contributed by atoms with Crippen molar-refractivity contribution in [3.8, 4) is 0 Å². The second-order valence-corrected chi connectivity index (χ2v) is 4.92.